The number of halogens is 2. The van der Waals surface area contributed by atoms with Crippen LogP contribution in [0.4, 0.5) is 17.1 Å². The summed E-state index contributed by atoms with van der Waals surface area (Å²) in [5.74, 6) is 0.431. The van der Waals surface area contributed by atoms with Gasteiger partial charge in [-0.05, 0) is 74.6 Å². The Morgan fingerprint density at radius 1 is 0.821 bits per heavy atom. The van der Waals surface area contributed by atoms with Gasteiger partial charge in [0.15, 0.2) is 0 Å². The number of hydrogen-bond acceptors (Lipinski definition) is 3. The molecule has 1 aliphatic carbocycles. The molecule has 0 unspecified atom stereocenters. The zero-order chi connectivity index (χ0) is 19.3. The Morgan fingerprint density at radius 2 is 1.46 bits per heavy atom. The van der Waals surface area contributed by atoms with Crippen LogP contribution in [-0.2, 0) is 4.79 Å². The maximum Gasteiger partial charge on any atom is 0.230 e. The van der Waals surface area contributed by atoms with Crippen molar-refractivity contribution in [3.8, 4) is 0 Å². The van der Waals surface area contributed by atoms with Crippen molar-refractivity contribution in [3.63, 3.8) is 0 Å². The predicted molar refractivity (Wildman–Crippen MR) is 115 cm³/mol. The predicted octanol–water partition coefficient (Wildman–Crippen LogP) is 5.53. The van der Waals surface area contributed by atoms with E-state index in [4.69, 9.17) is 23.2 Å². The highest BCUT2D eigenvalue weighted by molar-refractivity contribution is 6.34. The van der Waals surface area contributed by atoms with Gasteiger partial charge in [-0.25, -0.2) is 0 Å². The van der Waals surface area contributed by atoms with E-state index in [1.165, 1.54) is 0 Å². The van der Waals surface area contributed by atoms with Crippen LogP contribution in [-0.4, -0.2) is 25.0 Å². The molecule has 3 heterocycles. The zero-order valence-corrected chi connectivity index (χ0v) is 17.2. The fourth-order valence-electron chi connectivity index (χ4n) is 4.89. The standard InChI is InChI=1S/C22H23Cl2N3O/c23-16-4-8-17(9-5-16)25-12-1-13-26(25)19-10-11-21(20(24)14-19)27-18-6-2-15(3-7-18)22(27)28/h4-5,8-11,14-15,18H,1-3,6-7,12-13H2. The van der Waals surface area contributed by atoms with Crippen molar-refractivity contribution in [2.75, 3.05) is 28.0 Å². The van der Waals surface area contributed by atoms with E-state index in [0.29, 0.717) is 11.1 Å². The zero-order valence-electron chi connectivity index (χ0n) is 15.7. The van der Waals surface area contributed by atoms with E-state index >= 15 is 0 Å². The minimum absolute atomic E-state index is 0.180. The van der Waals surface area contributed by atoms with E-state index in [-0.39, 0.29) is 11.8 Å². The Morgan fingerprint density at radius 3 is 2.11 bits per heavy atom. The summed E-state index contributed by atoms with van der Waals surface area (Å²) in [6, 6.07) is 14.3. The molecular formula is C22H23Cl2N3O. The smallest absolute Gasteiger partial charge is 0.230 e. The molecule has 2 bridgehead atoms. The summed E-state index contributed by atoms with van der Waals surface area (Å²) >= 11 is 12.7. The monoisotopic (exact) mass is 415 g/mol. The van der Waals surface area contributed by atoms with Gasteiger partial charge < -0.3 is 4.90 Å². The van der Waals surface area contributed by atoms with E-state index in [1.54, 1.807) is 0 Å². The number of anilines is 3. The molecule has 146 valence electrons. The molecule has 0 radical (unpaired) electrons. The van der Waals surface area contributed by atoms with Gasteiger partial charge in [0.25, 0.3) is 0 Å². The average molecular weight is 416 g/mol. The second-order valence-corrected chi connectivity index (χ2v) is 8.77. The van der Waals surface area contributed by atoms with Crippen LogP contribution in [0.25, 0.3) is 0 Å². The van der Waals surface area contributed by atoms with Crippen LogP contribution in [0.1, 0.15) is 32.1 Å². The third-order valence-corrected chi connectivity index (χ3v) is 6.85. The molecule has 6 heteroatoms. The van der Waals surface area contributed by atoms with Gasteiger partial charge in [-0.2, -0.15) is 0 Å². The Hall–Kier alpha value is -1.91. The Labute approximate surface area is 175 Å². The number of fused-ring (bicyclic) bond motifs is 3. The molecule has 1 saturated carbocycles. The van der Waals surface area contributed by atoms with Crippen molar-refractivity contribution >= 4 is 46.2 Å². The van der Waals surface area contributed by atoms with E-state index in [1.807, 2.05) is 41.3 Å². The Kier molecular flexibility index (Phi) is 4.64. The van der Waals surface area contributed by atoms with Gasteiger partial charge in [0.1, 0.15) is 0 Å². The van der Waals surface area contributed by atoms with Gasteiger partial charge in [0.2, 0.25) is 5.91 Å². The van der Waals surface area contributed by atoms with Crippen LogP contribution in [0, 0.1) is 5.92 Å². The number of rotatable bonds is 3. The average Bonchev–Trinajstić information content (AvgIpc) is 3.20. The first-order valence-electron chi connectivity index (χ1n) is 10.0. The maximum atomic E-state index is 12.8. The highest BCUT2D eigenvalue weighted by atomic mass is 35.5. The molecule has 4 aliphatic rings. The van der Waals surface area contributed by atoms with Gasteiger partial charge >= 0.3 is 0 Å². The number of amides is 1. The van der Waals surface area contributed by atoms with Crippen LogP contribution in [0.2, 0.25) is 10.0 Å². The molecule has 2 aromatic carbocycles. The molecule has 1 amide bonds. The lowest BCUT2D eigenvalue weighted by atomic mass is 9.79. The SMILES string of the molecule is O=C1C2CCC(CC2)N1c1ccc(N2CCCN2c2ccc(Cl)cc2)cc1Cl. The van der Waals surface area contributed by atoms with E-state index in [0.717, 1.165) is 67.3 Å². The quantitative estimate of drug-likeness (QED) is 0.658. The summed E-state index contributed by atoms with van der Waals surface area (Å²) in [5, 5.41) is 5.91. The van der Waals surface area contributed by atoms with E-state index in [2.05, 4.69) is 16.1 Å². The number of carbonyl (C=O) groups excluding carboxylic acids is 1. The maximum absolute atomic E-state index is 12.8. The third-order valence-electron chi connectivity index (χ3n) is 6.29. The molecule has 4 nitrogen and oxygen atoms in total. The van der Waals surface area contributed by atoms with Crippen molar-refractivity contribution in [1.29, 1.82) is 0 Å². The highest BCUT2D eigenvalue weighted by Gasteiger charge is 2.41. The largest absolute Gasteiger partial charge is 0.308 e. The first kappa shape index (κ1) is 18.1. The first-order chi connectivity index (χ1) is 13.6. The summed E-state index contributed by atoms with van der Waals surface area (Å²) in [4.78, 5) is 14.7. The van der Waals surface area contributed by atoms with Crippen molar-refractivity contribution in [3.05, 3.63) is 52.5 Å². The highest BCUT2D eigenvalue weighted by Crippen LogP contribution is 2.42. The second kappa shape index (κ2) is 7.16. The Bertz CT molecular complexity index is 893. The fraction of sp³-hybridized carbons (Fsp3) is 0.409. The molecule has 2 aromatic rings. The molecule has 3 saturated heterocycles. The molecule has 0 spiro atoms. The number of nitrogens with zero attached hydrogens (tertiary/aromatic N) is 3. The lowest BCUT2D eigenvalue weighted by molar-refractivity contribution is -0.126. The van der Waals surface area contributed by atoms with Crippen molar-refractivity contribution < 1.29 is 4.79 Å². The van der Waals surface area contributed by atoms with Crippen molar-refractivity contribution in [2.45, 2.75) is 38.1 Å². The van der Waals surface area contributed by atoms with Crippen molar-refractivity contribution in [1.82, 2.24) is 0 Å². The summed E-state index contributed by atoms with van der Waals surface area (Å²) < 4.78 is 0. The van der Waals surface area contributed by atoms with Crippen LogP contribution < -0.4 is 14.9 Å². The molecule has 3 aliphatic heterocycles. The molecular weight excluding hydrogens is 393 g/mol. The van der Waals surface area contributed by atoms with Crippen LogP contribution in [0.5, 0.6) is 0 Å². The third kappa shape index (κ3) is 3.03. The molecule has 0 aromatic heterocycles. The fourth-order valence-corrected chi connectivity index (χ4v) is 5.28. The number of benzene rings is 2. The summed E-state index contributed by atoms with van der Waals surface area (Å²) in [5.41, 5.74) is 3.03. The van der Waals surface area contributed by atoms with Gasteiger partial charge in [-0.3, -0.25) is 14.8 Å². The van der Waals surface area contributed by atoms with Crippen molar-refractivity contribution in [2.24, 2.45) is 5.92 Å². The van der Waals surface area contributed by atoms with Gasteiger partial charge in [0, 0.05) is 30.1 Å². The Balaban J connectivity index is 1.43. The molecule has 4 fully saturated rings. The molecule has 6 rings (SSSR count). The lowest BCUT2D eigenvalue weighted by Gasteiger charge is -2.45. The van der Waals surface area contributed by atoms with Gasteiger partial charge in [-0.1, -0.05) is 23.2 Å². The molecule has 28 heavy (non-hydrogen) atoms. The molecule has 0 N–H and O–H groups in total. The van der Waals surface area contributed by atoms with E-state index in [9.17, 15) is 4.79 Å². The van der Waals surface area contributed by atoms with Crippen LogP contribution in [0.15, 0.2) is 42.5 Å². The number of hydrogen-bond donors (Lipinski definition) is 0. The summed E-state index contributed by atoms with van der Waals surface area (Å²) in [6.45, 7) is 1.89. The number of carbonyl (C=O) groups is 1. The molecule has 0 atom stereocenters. The topological polar surface area (TPSA) is 26.8 Å². The van der Waals surface area contributed by atoms with Crippen LogP contribution in [0.3, 0.4) is 0 Å². The normalized spacial score (nSPS) is 24.4. The number of piperidine rings is 2. The van der Waals surface area contributed by atoms with Gasteiger partial charge in [0.05, 0.1) is 22.1 Å². The minimum Gasteiger partial charge on any atom is -0.308 e. The van der Waals surface area contributed by atoms with Crippen LogP contribution >= 0.6 is 23.2 Å². The number of hydrazine groups is 1. The first-order valence-corrected chi connectivity index (χ1v) is 10.8. The van der Waals surface area contributed by atoms with Gasteiger partial charge in [-0.15, -0.1) is 0 Å². The summed E-state index contributed by atoms with van der Waals surface area (Å²) in [7, 11) is 0. The van der Waals surface area contributed by atoms with E-state index < -0.39 is 0 Å². The lowest BCUT2D eigenvalue weighted by Crippen LogP contribution is -2.52. The summed E-state index contributed by atoms with van der Waals surface area (Å²) in [6.07, 6.45) is 5.31. The minimum atomic E-state index is 0.180. The second-order valence-electron chi connectivity index (χ2n) is 7.93.